The smallest absolute Gasteiger partial charge is 0.410 e. The molecule has 11 nitrogen and oxygen atoms in total. The van der Waals surface area contributed by atoms with Crippen molar-refractivity contribution in [3.63, 3.8) is 0 Å². The first-order valence-electron chi connectivity index (χ1n) is 13.8. The molecule has 12 heteroatoms. The molecule has 2 aliphatic heterocycles. The minimum absolute atomic E-state index is 0.138. The van der Waals surface area contributed by atoms with Crippen molar-refractivity contribution in [1.29, 1.82) is 0 Å². The van der Waals surface area contributed by atoms with E-state index < -0.39 is 11.0 Å². The Morgan fingerprint density at radius 3 is 2.43 bits per heavy atom. The van der Waals surface area contributed by atoms with E-state index >= 15 is 0 Å². The number of ether oxygens (including phenoxy) is 4. The number of nitrogens with one attached hydrogen (secondary N) is 1. The first-order valence-corrected chi connectivity index (χ1v) is 14.5. The number of fused-ring (bicyclic) bond motifs is 2. The number of benzene rings is 1. The fraction of sp³-hybridized carbons (Fsp3) is 0.467. The number of amides is 2. The zero-order valence-corrected chi connectivity index (χ0v) is 26.3. The van der Waals surface area contributed by atoms with Gasteiger partial charge in [-0.3, -0.25) is 4.79 Å². The van der Waals surface area contributed by atoms with Crippen LogP contribution in [0.1, 0.15) is 55.2 Å². The molecule has 2 aliphatic rings. The van der Waals surface area contributed by atoms with Crippen LogP contribution in [-0.4, -0.2) is 83.3 Å². The predicted molar refractivity (Wildman–Crippen MR) is 159 cm³/mol. The molecule has 4 heterocycles. The minimum Gasteiger partial charge on any atom is -0.496 e. The molecule has 0 radical (unpaired) electrons. The standard InChI is InChI=1S/C30H36BrN5O6/c1-29(2,3)42-28(38)35-11-7-9-30(16-35)17-36(15-20-23(40-5)12-18(39-4)13-24(20)41-6)26(37)19-14-22(33-25(19)30)21-8-10-32-27(31)34-21/h8,10,12-14,33H,7,9,11,15-17H2,1-6H3. The van der Waals surface area contributed by atoms with E-state index in [1.54, 1.807) is 55.5 Å². The van der Waals surface area contributed by atoms with Crippen molar-refractivity contribution < 1.29 is 28.5 Å². The Morgan fingerprint density at radius 2 is 1.81 bits per heavy atom. The molecule has 2 aromatic heterocycles. The fourth-order valence-electron chi connectivity index (χ4n) is 5.85. The second-order valence-electron chi connectivity index (χ2n) is 11.6. The molecule has 224 valence electrons. The Kier molecular flexibility index (Phi) is 8.10. The van der Waals surface area contributed by atoms with Gasteiger partial charge in [0.1, 0.15) is 22.8 Å². The highest BCUT2D eigenvalue weighted by Gasteiger charge is 2.48. The molecule has 0 aliphatic carbocycles. The molecular formula is C30H36BrN5O6. The van der Waals surface area contributed by atoms with Crippen LogP contribution < -0.4 is 14.2 Å². The second-order valence-corrected chi connectivity index (χ2v) is 12.3. The van der Waals surface area contributed by atoms with Crippen molar-refractivity contribution in [2.45, 2.75) is 51.2 Å². The van der Waals surface area contributed by atoms with E-state index in [-0.39, 0.29) is 18.5 Å². The number of hydrogen-bond acceptors (Lipinski definition) is 8. The number of H-pyrrole nitrogens is 1. The number of aromatic nitrogens is 3. The van der Waals surface area contributed by atoms with Crippen molar-refractivity contribution >= 4 is 27.9 Å². The largest absolute Gasteiger partial charge is 0.496 e. The summed E-state index contributed by atoms with van der Waals surface area (Å²) in [5.41, 5.74) is 2.24. The van der Waals surface area contributed by atoms with Gasteiger partial charge in [0.2, 0.25) is 0 Å². The number of nitrogens with zero attached hydrogens (tertiary/aromatic N) is 4. The molecule has 1 unspecified atom stereocenters. The summed E-state index contributed by atoms with van der Waals surface area (Å²) < 4.78 is 23.0. The molecular weight excluding hydrogens is 606 g/mol. The maximum Gasteiger partial charge on any atom is 0.410 e. The summed E-state index contributed by atoms with van der Waals surface area (Å²) in [5, 5.41) is 0. The molecule has 1 saturated heterocycles. The Hall–Kier alpha value is -3.80. The number of rotatable bonds is 6. The molecule has 0 saturated carbocycles. The summed E-state index contributed by atoms with van der Waals surface area (Å²) in [7, 11) is 4.73. The number of carbonyl (C=O) groups excluding carboxylic acids is 2. The normalized spacial score (nSPS) is 18.6. The lowest BCUT2D eigenvalue weighted by Gasteiger charge is -2.47. The van der Waals surface area contributed by atoms with Crippen molar-refractivity contribution in [2.75, 3.05) is 41.0 Å². The van der Waals surface area contributed by atoms with Crippen LogP contribution in [0.25, 0.3) is 11.4 Å². The number of carbonyl (C=O) groups is 2. The Balaban J connectivity index is 1.59. The second kappa shape index (κ2) is 11.5. The lowest BCUT2D eigenvalue weighted by molar-refractivity contribution is 0.00818. The van der Waals surface area contributed by atoms with E-state index in [1.165, 1.54) is 0 Å². The van der Waals surface area contributed by atoms with Crippen molar-refractivity contribution in [2.24, 2.45) is 0 Å². The lowest BCUT2D eigenvalue weighted by atomic mass is 9.73. The van der Waals surface area contributed by atoms with Gasteiger partial charge in [-0.15, -0.1) is 0 Å². The summed E-state index contributed by atoms with van der Waals surface area (Å²) in [4.78, 5) is 43.1. The lowest BCUT2D eigenvalue weighted by Crippen LogP contribution is -2.58. The van der Waals surface area contributed by atoms with Crippen molar-refractivity contribution in [1.82, 2.24) is 24.8 Å². The average molecular weight is 643 g/mol. The molecule has 3 aromatic rings. The molecule has 1 fully saturated rings. The Bertz CT molecular complexity index is 1480. The Labute approximate surface area is 253 Å². The van der Waals surface area contributed by atoms with E-state index in [0.29, 0.717) is 58.6 Å². The third-order valence-corrected chi connectivity index (χ3v) is 8.04. The van der Waals surface area contributed by atoms with Gasteiger partial charge < -0.3 is 33.7 Å². The Morgan fingerprint density at radius 1 is 1.10 bits per heavy atom. The highest BCUT2D eigenvalue weighted by Crippen LogP contribution is 2.44. The minimum atomic E-state index is -0.622. The van der Waals surface area contributed by atoms with Crippen LogP contribution in [0.5, 0.6) is 17.2 Å². The van der Waals surface area contributed by atoms with E-state index in [2.05, 4.69) is 30.9 Å². The first kappa shape index (κ1) is 29.7. The van der Waals surface area contributed by atoms with Gasteiger partial charge in [-0.25, -0.2) is 14.8 Å². The highest BCUT2D eigenvalue weighted by atomic mass is 79.9. The molecule has 0 bridgehead atoms. The number of piperidine rings is 1. The van der Waals surface area contributed by atoms with Crippen molar-refractivity contribution in [3.05, 3.63) is 52.0 Å². The van der Waals surface area contributed by atoms with Gasteiger partial charge in [0.25, 0.3) is 5.91 Å². The zero-order valence-electron chi connectivity index (χ0n) is 24.7. The molecule has 2 amide bonds. The number of hydrogen-bond donors (Lipinski definition) is 1. The van der Waals surface area contributed by atoms with Crippen LogP contribution in [0.2, 0.25) is 0 Å². The first-order chi connectivity index (χ1) is 20.0. The molecule has 5 rings (SSSR count). The number of likely N-dealkylation sites (tertiary alicyclic amines) is 1. The van der Waals surface area contributed by atoms with Gasteiger partial charge in [-0.05, 0) is 61.7 Å². The van der Waals surface area contributed by atoms with Gasteiger partial charge in [0.05, 0.1) is 50.4 Å². The van der Waals surface area contributed by atoms with Crippen LogP contribution in [0, 0.1) is 0 Å². The SMILES string of the molecule is COc1cc(OC)c(CN2CC3(CCCN(C(=O)OC(C)(C)C)C3)c3[nH]c(-c4ccnc(Br)n4)cc3C2=O)c(OC)c1. The van der Waals surface area contributed by atoms with Crippen LogP contribution in [0.4, 0.5) is 4.79 Å². The summed E-state index contributed by atoms with van der Waals surface area (Å²) in [6, 6.07) is 7.19. The summed E-state index contributed by atoms with van der Waals surface area (Å²) >= 11 is 3.34. The number of aromatic amines is 1. The molecule has 1 aromatic carbocycles. The van der Waals surface area contributed by atoms with Crippen LogP contribution in [-0.2, 0) is 16.7 Å². The van der Waals surface area contributed by atoms with Gasteiger partial charge in [-0.2, -0.15) is 0 Å². The average Bonchev–Trinajstić information content (AvgIpc) is 3.42. The van der Waals surface area contributed by atoms with E-state index in [4.69, 9.17) is 18.9 Å². The quantitative estimate of drug-likeness (QED) is 0.366. The summed E-state index contributed by atoms with van der Waals surface area (Å²) in [6.45, 7) is 7.16. The number of halogens is 1. The molecule has 1 spiro atoms. The van der Waals surface area contributed by atoms with E-state index in [9.17, 15) is 9.59 Å². The van der Waals surface area contributed by atoms with E-state index in [0.717, 1.165) is 24.1 Å². The molecule has 1 atom stereocenters. The van der Waals surface area contributed by atoms with Crippen molar-refractivity contribution in [3.8, 4) is 28.6 Å². The molecule has 42 heavy (non-hydrogen) atoms. The predicted octanol–water partition coefficient (Wildman–Crippen LogP) is 5.18. The van der Waals surface area contributed by atoms with E-state index in [1.807, 2.05) is 26.8 Å². The fourth-order valence-corrected chi connectivity index (χ4v) is 6.16. The number of methoxy groups -OCH3 is 3. The van der Waals surface area contributed by atoms with Gasteiger partial charge >= 0.3 is 6.09 Å². The van der Waals surface area contributed by atoms with Crippen LogP contribution in [0.15, 0.2) is 35.2 Å². The van der Waals surface area contributed by atoms with Crippen LogP contribution in [0.3, 0.4) is 0 Å². The maximum absolute atomic E-state index is 14.1. The molecule has 1 N–H and O–H groups in total. The van der Waals surface area contributed by atoms with Crippen LogP contribution >= 0.6 is 15.9 Å². The zero-order chi connectivity index (χ0) is 30.2. The third kappa shape index (κ3) is 5.77. The summed E-state index contributed by atoms with van der Waals surface area (Å²) in [6.07, 6.45) is 2.82. The summed E-state index contributed by atoms with van der Waals surface area (Å²) in [5.74, 6) is 1.56. The van der Waals surface area contributed by atoms with Gasteiger partial charge in [0.15, 0.2) is 4.73 Å². The maximum atomic E-state index is 14.1. The third-order valence-electron chi connectivity index (χ3n) is 7.66. The van der Waals surface area contributed by atoms with Gasteiger partial charge in [0, 0.05) is 49.1 Å². The van der Waals surface area contributed by atoms with Gasteiger partial charge in [-0.1, -0.05) is 0 Å². The highest BCUT2D eigenvalue weighted by molar-refractivity contribution is 9.10. The monoisotopic (exact) mass is 641 g/mol. The topological polar surface area (TPSA) is 119 Å².